The zero-order valence-electron chi connectivity index (χ0n) is 20.7. The van der Waals surface area contributed by atoms with Gasteiger partial charge in [0, 0.05) is 17.5 Å². The Morgan fingerprint density at radius 2 is 1.73 bits per heavy atom. The van der Waals surface area contributed by atoms with Crippen molar-refractivity contribution in [3.63, 3.8) is 0 Å². The van der Waals surface area contributed by atoms with Gasteiger partial charge in [-0.15, -0.1) is 0 Å². The van der Waals surface area contributed by atoms with Crippen molar-refractivity contribution < 1.29 is 53.7 Å². The lowest BCUT2D eigenvalue weighted by molar-refractivity contribution is -0.277. The van der Waals surface area contributed by atoms with E-state index in [2.05, 4.69) is 0 Å². The summed E-state index contributed by atoms with van der Waals surface area (Å²) in [5, 5.41) is 50.9. The van der Waals surface area contributed by atoms with Crippen LogP contribution in [0.4, 0.5) is 0 Å². The Hall–Kier alpha value is -3.13. The first-order chi connectivity index (χ1) is 17.2. The van der Waals surface area contributed by atoms with Crippen LogP contribution in [0.2, 0.25) is 0 Å². The molecule has 1 aliphatic rings. The third-order valence-corrected chi connectivity index (χ3v) is 5.62. The van der Waals surface area contributed by atoms with Crippen molar-refractivity contribution in [1.82, 2.24) is 0 Å². The van der Waals surface area contributed by atoms with Gasteiger partial charge in [-0.25, -0.2) is 9.59 Å². The van der Waals surface area contributed by atoms with E-state index in [9.17, 15) is 39.9 Å². The maximum atomic E-state index is 13.3. The van der Waals surface area contributed by atoms with Crippen molar-refractivity contribution >= 4 is 22.7 Å². The lowest BCUT2D eigenvalue weighted by atomic mass is 9.92. The van der Waals surface area contributed by atoms with Crippen LogP contribution in [0.5, 0.6) is 5.75 Å². The number of aliphatic hydroxyl groups excluding tert-OH is 4. The molecule has 1 aliphatic heterocycles. The van der Waals surface area contributed by atoms with Gasteiger partial charge in [0.25, 0.3) is 0 Å². The molecule has 2 aromatic rings. The van der Waals surface area contributed by atoms with Crippen molar-refractivity contribution in [2.45, 2.75) is 70.1 Å². The minimum Gasteiger partial charge on any atom is -0.461 e. The molecule has 12 heteroatoms. The van der Waals surface area contributed by atoms with E-state index in [-0.39, 0.29) is 16.9 Å². The van der Waals surface area contributed by atoms with Gasteiger partial charge in [-0.3, -0.25) is 4.79 Å². The molecule has 1 saturated heterocycles. The van der Waals surface area contributed by atoms with E-state index in [4.69, 9.17) is 18.6 Å². The number of fused-ring (bicyclic) bond motifs is 1. The first-order valence-corrected chi connectivity index (χ1v) is 11.4. The molecule has 5 N–H and O–H groups in total. The van der Waals surface area contributed by atoms with Crippen LogP contribution >= 0.6 is 0 Å². The molecule has 0 unspecified atom stereocenters. The van der Waals surface area contributed by atoms with Gasteiger partial charge >= 0.3 is 11.6 Å². The Bertz CT molecular complexity index is 1230. The molecule has 1 aromatic carbocycles. The van der Waals surface area contributed by atoms with Crippen molar-refractivity contribution in [2.24, 2.45) is 0 Å². The number of rotatable bonds is 8. The van der Waals surface area contributed by atoms with Gasteiger partial charge in [0.05, 0.1) is 12.2 Å². The van der Waals surface area contributed by atoms with Crippen molar-refractivity contribution in [2.75, 3.05) is 6.61 Å². The number of hydrogen-bond donors (Lipinski definition) is 5. The third kappa shape index (κ3) is 6.24. The summed E-state index contributed by atoms with van der Waals surface area (Å²) >= 11 is 0. The number of esters is 1. The van der Waals surface area contributed by atoms with Crippen LogP contribution in [0, 0.1) is 0 Å². The van der Waals surface area contributed by atoms with Gasteiger partial charge < -0.3 is 44.2 Å². The van der Waals surface area contributed by atoms with Crippen LogP contribution in [0.3, 0.4) is 0 Å². The highest BCUT2D eigenvalue weighted by Crippen LogP contribution is 2.38. The second kappa shape index (κ2) is 11.1. The molecule has 0 saturated carbocycles. The Balaban J connectivity index is 2.21. The number of ether oxygens (including phenoxy) is 3. The predicted molar refractivity (Wildman–Crippen MR) is 126 cm³/mol. The molecule has 12 nitrogen and oxygen atoms in total. The van der Waals surface area contributed by atoms with E-state index in [1.165, 1.54) is 32.0 Å². The zero-order chi connectivity index (χ0) is 27.7. The summed E-state index contributed by atoms with van der Waals surface area (Å²) in [5.74, 6) is -2.18. The van der Waals surface area contributed by atoms with E-state index >= 15 is 0 Å². The minimum atomic E-state index is -2.02. The molecule has 0 bridgehead atoms. The fraction of sp³-hybridized carbons (Fsp3) is 0.480. The van der Waals surface area contributed by atoms with E-state index in [1.807, 2.05) is 0 Å². The largest absolute Gasteiger partial charge is 0.461 e. The van der Waals surface area contributed by atoms with Gasteiger partial charge in [-0.05, 0) is 45.9 Å². The van der Waals surface area contributed by atoms with Gasteiger partial charge in [-0.1, -0.05) is 5.57 Å². The minimum absolute atomic E-state index is 0.206. The fourth-order valence-corrected chi connectivity index (χ4v) is 3.73. The Labute approximate surface area is 211 Å². The molecule has 0 radical (unpaired) electrons. The smallest absolute Gasteiger partial charge is 0.336 e. The highest BCUT2D eigenvalue weighted by atomic mass is 16.7. The highest BCUT2D eigenvalue weighted by molar-refractivity contribution is 5.98. The van der Waals surface area contributed by atoms with Crippen LogP contribution in [-0.2, 0) is 19.1 Å². The molecule has 202 valence electrons. The molecule has 1 aromatic heterocycles. The summed E-state index contributed by atoms with van der Waals surface area (Å²) in [6, 6.07) is 5.29. The van der Waals surface area contributed by atoms with Crippen molar-refractivity contribution in [3.05, 3.63) is 51.9 Å². The Kier molecular flexibility index (Phi) is 8.52. The monoisotopic (exact) mass is 522 g/mol. The summed E-state index contributed by atoms with van der Waals surface area (Å²) in [6.07, 6.45) is -8.92. The molecule has 0 aliphatic carbocycles. The molecule has 3 rings (SSSR count). The highest BCUT2D eigenvalue weighted by Gasteiger charge is 2.46. The number of carbonyl (C=O) groups is 2. The summed E-state index contributed by atoms with van der Waals surface area (Å²) in [6.45, 7) is 4.88. The van der Waals surface area contributed by atoms with Gasteiger partial charge in [0.15, 0.2) is 6.10 Å². The Morgan fingerprint density at radius 3 is 2.32 bits per heavy atom. The number of carbonyl (C=O) groups excluding carboxylic acids is 2. The number of ketones is 1. The van der Waals surface area contributed by atoms with Crippen LogP contribution in [0.1, 0.15) is 39.4 Å². The summed E-state index contributed by atoms with van der Waals surface area (Å²) in [7, 11) is 0. The number of hydrogen-bond acceptors (Lipinski definition) is 12. The maximum absolute atomic E-state index is 13.3. The van der Waals surface area contributed by atoms with Crippen molar-refractivity contribution in [1.29, 1.82) is 0 Å². The van der Waals surface area contributed by atoms with Gasteiger partial charge in [0.2, 0.25) is 12.1 Å². The van der Waals surface area contributed by atoms with E-state index in [1.54, 1.807) is 13.8 Å². The normalized spacial score (nSPS) is 24.8. The summed E-state index contributed by atoms with van der Waals surface area (Å²) in [5.41, 5.74) is -2.74. The average molecular weight is 523 g/mol. The third-order valence-electron chi connectivity index (χ3n) is 5.62. The summed E-state index contributed by atoms with van der Waals surface area (Å²) in [4.78, 5) is 38.0. The van der Waals surface area contributed by atoms with Gasteiger partial charge in [0.1, 0.15) is 41.3 Å². The molecule has 1 fully saturated rings. The molecule has 37 heavy (non-hydrogen) atoms. The van der Waals surface area contributed by atoms with Gasteiger partial charge in [-0.2, -0.15) is 0 Å². The first-order valence-electron chi connectivity index (χ1n) is 11.4. The van der Waals surface area contributed by atoms with E-state index in [0.717, 1.165) is 12.1 Å². The van der Waals surface area contributed by atoms with Crippen LogP contribution in [-0.4, -0.2) is 80.2 Å². The SMILES string of the molecule is CC(C)=CC(=O)O[C@H](C(=O)C(C)(C)O)c1c(O[C@@H]2O[C@H](CO)[C@@H](O)[C@H](O)[C@H]2O)ccc2ccc(=O)oc12. The molecule has 6 atom stereocenters. The fourth-order valence-electron chi connectivity index (χ4n) is 3.73. The quantitative estimate of drug-likeness (QED) is 0.175. The van der Waals surface area contributed by atoms with Crippen LogP contribution in [0.15, 0.2) is 45.1 Å². The zero-order valence-corrected chi connectivity index (χ0v) is 20.7. The molecular formula is C25H30O12. The number of allylic oxidation sites excluding steroid dienone is 1. The van der Waals surface area contributed by atoms with E-state index in [0.29, 0.717) is 11.0 Å². The van der Waals surface area contributed by atoms with E-state index < -0.39 is 66.4 Å². The molecule has 0 spiro atoms. The summed E-state index contributed by atoms with van der Waals surface area (Å²) < 4.78 is 21.9. The standard InChI is InChI=1S/C25H30O12/c1-11(2)9-16(28)37-22(23(32)25(3,4)33)17-13(7-5-12-6-8-15(27)36-21(12)17)34-24-20(31)19(30)18(29)14(10-26)35-24/h5-9,14,18-20,22,24,26,29-31,33H,10H2,1-4H3/t14-,18-,19+,20-,22+,24-/m1/s1. The second-order valence-corrected chi connectivity index (χ2v) is 9.43. The second-order valence-electron chi connectivity index (χ2n) is 9.43. The number of benzene rings is 1. The lowest BCUT2D eigenvalue weighted by Gasteiger charge is -2.40. The van der Waals surface area contributed by atoms with Crippen LogP contribution in [0.25, 0.3) is 11.0 Å². The first kappa shape index (κ1) is 28.4. The molecule has 0 amide bonds. The molecule has 2 heterocycles. The average Bonchev–Trinajstić information content (AvgIpc) is 2.81. The number of aliphatic hydroxyl groups is 5. The predicted octanol–water partition coefficient (Wildman–Crippen LogP) is -0.138. The topological polar surface area (TPSA) is 193 Å². The van der Waals surface area contributed by atoms with Crippen molar-refractivity contribution in [3.8, 4) is 5.75 Å². The van der Waals surface area contributed by atoms with Crippen LogP contribution < -0.4 is 10.4 Å². The lowest BCUT2D eigenvalue weighted by Crippen LogP contribution is -2.60. The Morgan fingerprint density at radius 1 is 1.08 bits per heavy atom. The number of Topliss-reactive ketones (excluding diaryl/α,β-unsaturated/α-hetero) is 1. The molecular weight excluding hydrogens is 492 g/mol. The maximum Gasteiger partial charge on any atom is 0.336 e.